The zero-order chi connectivity index (χ0) is 13.8. The van der Waals surface area contributed by atoms with Crippen LogP contribution in [-0.2, 0) is 14.3 Å². The number of rotatable bonds is 7. The first-order chi connectivity index (χ1) is 7.93. The fourth-order valence-corrected chi connectivity index (χ4v) is 0.912. The van der Waals surface area contributed by atoms with Crippen molar-refractivity contribution in [1.29, 1.82) is 0 Å². The van der Waals surface area contributed by atoms with Crippen LogP contribution in [0.2, 0.25) is 0 Å². The molecule has 17 heavy (non-hydrogen) atoms. The van der Waals surface area contributed by atoms with Crippen LogP contribution in [0.25, 0.3) is 0 Å². The van der Waals surface area contributed by atoms with E-state index in [-0.39, 0.29) is 12.5 Å². The number of carbonyl (C=O) groups is 2. The molecule has 0 aliphatic carbocycles. The van der Waals surface area contributed by atoms with E-state index in [0.717, 1.165) is 6.42 Å². The summed E-state index contributed by atoms with van der Waals surface area (Å²) in [7, 11) is 1.69. The molecule has 0 aliphatic rings. The quantitative estimate of drug-likeness (QED) is 0.742. The van der Waals surface area contributed by atoms with Crippen LogP contribution in [-0.4, -0.2) is 48.7 Å². The molecule has 5 nitrogen and oxygen atoms in total. The highest BCUT2D eigenvalue weighted by Gasteiger charge is 2.09. The number of hydrogen-bond donors (Lipinski definition) is 1. The molecule has 0 fully saturated rings. The second-order valence-electron chi connectivity index (χ2n) is 3.88. The standard InChI is InChI=1S/C10H19NO4.C2H6/c1-8(2)4-5-11(3)9(12)6-15-7-10(13)14;1-2/h8H,4-7H2,1-3H3,(H,13,14);1-2H3. The SMILES string of the molecule is CC.CC(C)CCN(C)C(=O)COCC(=O)O. The number of aliphatic carboxylic acids is 1. The summed E-state index contributed by atoms with van der Waals surface area (Å²) in [6, 6.07) is 0. The third kappa shape index (κ3) is 12.8. The lowest BCUT2D eigenvalue weighted by Crippen LogP contribution is -2.32. The summed E-state index contributed by atoms with van der Waals surface area (Å²) >= 11 is 0. The largest absolute Gasteiger partial charge is 0.480 e. The van der Waals surface area contributed by atoms with Crippen molar-refractivity contribution in [3.8, 4) is 0 Å². The number of carboxylic acids is 1. The van der Waals surface area contributed by atoms with Gasteiger partial charge in [0, 0.05) is 13.6 Å². The Labute approximate surface area is 104 Å². The molecule has 1 amide bonds. The van der Waals surface area contributed by atoms with Gasteiger partial charge in [0.05, 0.1) is 0 Å². The van der Waals surface area contributed by atoms with E-state index >= 15 is 0 Å². The Kier molecular flexibility index (Phi) is 12.2. The Balaban J connectivity index is 0. The minimum atomic E-state index is -1.06. The predicted octanol–water partition coefficient (Wildman–Crippen LogP) is 1.62. The number of nitrogens with zero attached hydrogens (tertiary/aromatic N) is 1. The van der Waals surface area contributed by atoms with Crippen LogP contribution in [0, 0.1) is 5.92 Å². The van der Waals surface area contributed by atoms with E-state index in [1.54, 1.807) is 11.9 Å². The number of hydrogen-bond acceptors (Lipinski definition) is 3. The Morgan fingerprint density at radius 1 is 1.24 bits per heavy atom. The van der Waals surface area contributed by atoms with E-state index in [0.29, 0.717) is 12.5 Å². The Morgan fingerprint density at radius 3 is 2.18 bits per heavy atom. The van der Waals surface area contributed by atoms with Gasteiger partial charge >= 0.3 is 5.97 Å². The maximum Gasteiger partial charge on any atom is 0.329 e. The van der Waals surface area contributed by atoms with Crippen LogP contribution >= 0.6 is 0 Å². The summed E-state index contributed by atoms with van der Waals surface area (Å²) < 4.78 is 4.69. The molecule has 0 rings (SSSR count). The summed E-state index contributed by atoms with van der Waals surface area (Å²) in [6.45, 7) is 8.25. The number of likely N-dealkylation sites (N-methyl/N-ethyl adjacent to an activating group) is 1. The van der Waals surface area contributed by atoms with Crippen LogP contribution in [0.1, 0.15) is 34.1 Å². The van der Waals surface area contributed by atoms with Gasteiger partial charge < -0.3 is 14.7 Å². The second kappa shape index (κ2) is 11.4. The van der Waals surface area contributed by atoms with E-state index < -0.39 is 12.6 Å². The second-order valence-corrected chi connectivity index (χ2v) is 3.88. The lowest BCUT2D eigenvalue weighted by Gasteiger charge is -2.17. The van der Waals surface area contributed by atoms with Crippen molar-refractivity contribution < 1.29 is 19.4 Å². The maximum atomic E-state index is 11.3. The van der Waals surface area contributed by atoms with E-state index in [4.69, 9.17) is 9.84 Å². The third-order valence-electron chi connectivity index (χ3n) is 1.92. The van der Waals surface area contributed by atoms with Crippen LogP contribution in [0.15, 0.2) is 0 Å². The minimum absolute atomic E-state index is 0.166. The molecule has 0 unspecified atom stereocenters. The number of amides is 1. The summed E-state index contributed by atoms with van der Waals surface area (Å²) in [4.78, 5) is 23.0. The van der Waals surface area contributed by atoms with Gasteiger partial charge in [-0.2, -0.15) is 0 Å². The number of carboxylic acid groups (broad SMARTS) is 1. The molecule has 0 aromatic carbocycles. The molecule has 5 heteroatoms. The van der Waals surface area contributed by atoms with Crippen molar-refractivity contribution in [3.63, 3.8) is 0 Å². The van der Waals surface area contributed by atoms with E-state index in [1.165, 1.54) is 0 Å². The first-order valence-corrected chi connectivity index (χ1v) is 5.97. The zero-order valence-electron chi connectivity index (χ0n) is 11.5. The highest BCUT2D eigenvalue weighted by molar-refractivity contribution is 5.77. The highest BCUT2D eigenvalue weighted by atomic mass is 16.5. The van der Waals surface area contributed by atoms with Crippen molar-refractivity contribution in [2.24, 2.45) is 5.92 Å². The van der Waals surface area contributed by atoms with Gasteiger partial charge in [-0.1, -0.05) is 27.7 Å². The average Bonchev–Trinajstić information content (AvgIpc) is 2.27. The molecule has 0 radical (unpaired) electrons. The lowest BCUT2D eigenvalue weighted by molar-refractivity contribution is -0.145. The predicted molar refractivity (Wildman–Crippen MR) is 66.9 cm³/mol. The van der Waals surface area contributed by atoms with Gasteiger partial charge in [0.2, 0.25) is 5.91 Å². The van der Waals surface area contributed by atoms with Gasteiger partial charge in [0.1, 0.15) is 13.2 Å². The topological polar surface area (TPSA) is 66.8 Å². The molecule has 0 atom stereocenters. The summed E-state index contributed by atoms with van der Waals surface area (Å²) in [5, 5.41) is 8.29. The van der Waals surface area contributed by atoms with Crippen molar-refractivity contribution >= 4 is 11.9 Å². The molecule has 102 valence electrons. The van der Waals surface area contributed by atoms with Gasteiger partial charge in [-0.15, -0.1) is 0 Å². The molecule has 0 aromatic rings. The van der Waals surface area contributed by atoms with E-state index in [2.05, 4.69) is 13.8 Å². The van der Waals surface area contributed by atoms with Gasteiger partial charge in [-0.25, -0.2) is 4.79 Å². The Bertz CT molecular complexity index is 217. The molecular formula is C12H25NO4. The van der Waals surface area contributed by atoms with Crippen LogP contribution in [0.4, 0.5) is 0 Å². The molecule has 0 aromatic heterocycles. The van der Waals surface area contributed by atoms with Crippen molar-refractivity contribution in [1.82, 2.24) is 4.90 Å². The van der Waals surface area contributed by atoms with Crippen molar-refractivity contribution in [2.75, 3.05) is 26.8 Å². The molecule has 0 heterocycles. The third-order valence-corrected chi connectivity index (χ3v) is 1.92. The summed E-state index contributed by atoms with van der Waals surface area (Å²) in [6.07, 6.45) is 0.932. The zero-order valence-corrected chi connectivity index (χ0v) is 11.5. The lowest BCUT2D eigenvalue weighted by atomic mass is 10.1. The average molecular weight is 247 g/mol. The number of carbonyl (C=O) groups excluding carboxylic acids is 1. The van der Waals surface area contributed by atoms with E-state index in [9.17, 15) is 9.59 Å². The molecule has 1 N–H and O–H groups in total. The van der Waals surface area contributed by atoms with E-state index in [1.807, 2.05) is 13.8 Å². The summed E-state index contributed by atoms with van der Waals surface area (Å²) in [5.41, 5.74) is 0. The Morgan fingerprint density at radius 2 is 1.76 bits per heavy atom. The van der Waals surface area contributed by atoms with Gasteiger partial charge in [0.15, 0.2) is 0 Å². The molecule has 0 aliphatic heterocycles. The van der Waals surface area contributed by atoms with Crippen LogP contribution < -0.4 is 0 Å². The highest BCUT2D eigenvalue weighted by Crippen LogP contribution is 2.00. The van der Waals surface area contributed by atoms with Crippen LogP contribution in [0.5, 0.6) is 0 Å². The van der Waals surface area contributed by atoms with Gasteiger partial charge in [0.25, 0.3) is 0 Å². The maximum absolute atomic E-state index is 11.3. The minimum Gasteiger partial charge on any atom is -0.480 e. The fraction of sp³-hybridized carbons (Fsp3) is 0.833. The molecule has 0 spiro atoms. The molecular weight excluding hydrogens is 222 g/mol. The van der Waals surface area contributed by atoms with Crippen molar-refractivity contribution in [2.45, 2.75) is 34.1 Å². The normalized spacial score (nSPS) is 9.53. The van der Waals surface area contributed by atoms with Gasteiger partial charge in [-0.05, 0) is 12.3 Å². The van der Waals surface area contributed by atoms with Gasteiger partial charge in [-0.3, -0.25) is 4.79 Å². The summed E-state index contributed by atoms with van der Waals surface area (Å²) in [5.74, 6) is -0.704. The smallest absolute Gasteiger partial charge is 0.329 e. The molecule has 0 saturated heterocycles. The number of ether oxygens (including phenoxy) is 1. The Hall–Kier alpha value is -1.10. The van der Waals surface area contributed by atoms with Crippen LogP contribution in [0.3, 0.4) is 0 Å². The first kappa shape index (κ1) is 18.3. The van der Waals surface area contributed by atoms with Crippen molar-refractivity contribution in [3.05, 3.63) is 0 Å². The molecule has 0 bridgehead atoms. The fourth-order valence-electron chi connectivity index (χ4n) is 0.912. The monoisotopic (exact) mass is 247 g/mol. The first-order valence-electron chi connectivity index (χ1n) is 5.97. The molecule has 0 saturated carbocycles.